The molecule has 1 unspecified atom stereocenters. The number of anilines is 1. The zero-order valence-corrected chi connectivity index (χ0v) is 13.7. The maximum atomic E-state index is 13.1. The molecule has 0 amide bonds. The summed E-state index contributed by atoms with van der Waals surface area (Å²) in [6.45, 7) is 2.02. The summed E-state index contributed by atoms with van der Waals surface area (Å²) in [6, 6.07) is 12.1. The van der Waals surface area contributed by atoms with Crippen LogP contribution in [0, 0.1) is 6.92 Å². The molecule has 2 N–H and O–H groups in total. The lowest BCUT2D eigenvalue weighted by molar-refractivity contribution is 0.575. The minimum absolute atomic E-state index is 0.211. The van der Waals surface area contributed by atoms with Gasteiger partial charge in [0.1, 0.15) is 0 Å². The average molecular weight is 337 g/mol. The molecule has 2 aromatic carbocycles. The van der Waals surface area contributed by atoms with Crippen LogP contribution in [0.2, 0.25) is 5.02 Å². The SMILES string of the molecule is Cc1cc(Cl)ccc1S(=O)(=O)N1CC(N)Cc2ccccc21. The third kappa shape index (κ3) is 2.60. The molecule has 0 fully saturated rings. The van der Waals surface area contributed by atoms with Gasteiger partial charge in [0.05, 0.1) is 10.6 Å². The highest BCUT2D eigenvalue weighted by molar-refractivity contribution is 7.92. The number of nitrogens with two attached hydrogens (primary N) is 1. The van der Waals surface area contributed by atoms with E-state index in [2.05, 4.69) is 0 Å². The number of benzene rings is 2. The van der Waals surface area contributed by atoms with Gasteiger partial charge in [-0.3, -0.25) is 4.31 Å². The normalized spacial score (nSPS) is 18.1. The van der Waals surface area contributed by atoms with Crippen LogP contribution in [-0.2, 0) is 16.4 Å². The second-order valence-electron chi connectivity index (χ2n) is 5.54. The van der Waals surface area contributed by atoms with Gasteiger partial charge in [-0.25, -0.2) is 8.42 Å². The molecule has 2 aromatic rings. The van der Waals surface area contributed by atoms with Crippen molar-refractivity contribution >= 4 is 27.3 Å². The van der Waals surface area contributed by atoms with Gasteiger partial charge in [0.15, 0.2) is 0 Å². The molecule has 0 aliphatic carbocycles. The summed E-state index contributed by atoms with van der Waals surface area (Å²) < 4.78 is 27.5. The van der Waals surface area contributed by atoms with Gasteiger partial charge in [-0.1, -0.05) is 29.8 Å². The number of hydrogen-bond donors (Lipinski definition) is 1. The Morgan fingerprint density at radius 3 is 2.68 bits per heavy atom. The molecule has 1 atom stereocenters. The van der Waals surface area contributed by atoms with E-state index in [-0.39, 0.29) is 17.5 Å². The summed E-state index contributed by atoms with van der Waals surface area (Å²) in [4.78, 5) is 0.265. The zero-order chi connectivity index (χ0) is 15.9. The molecule has 22 heavy (non-hydrogen) atoms. The monoisotopic (exact) mass is 336 g/mol. The van der Waals surface area contributed by atoms with E-state index in [1.54, 1.807) is 25.1 Å². The van der Waals surface area contributed by atoms with Crippen molar-refractivity contribution in [3.05, 3.63) is 58.6 Å². The summed E-state index contributed by atoms with van der Waals surface area (Å²) in [5, 5.41) is 0.521. The van der Waals surface area contributed by atoms with Crippen molar-refractivity contribution in [1.82, 2.24) is 0 Å². The van der Waals surface area contributed by atoms with Crippen LogP contribution in [-0.4, -0.2) is 21.0 Å². The van der Waals surface area contributed by atoms with Crippen molar-refractivity contribution in [3.63, 3.8) is 0 Å². The number of halogens is 1. The van der Waals surface area contributed by atoms with Gasteiger partial charge in [-0.2, -0.15) is 0 Å². The lowest BCUT2D eigenvalue weighted by Gasteiger charge is -2.34. The molecule has 0 aromatic heterocycles. The smallest absolute Gasteiger partial charge is 0.264 e. The van der Waals surface area contributed by atoms with Crippen molar-refractivity contribution in [2.24, 2.45) is 5.73 Å². The first kappa shape index (κ1) is 15.3. The predicted molar refractivity (Wildman–Crippen MR) is 88.8 cm³/mol. The summed E-state index contributed by atoms with van der Waals surface area (Å²) in [5.41, 5.74) is 8.34. The van der Waals surface area contributed by atoms with E-state index in [1.165, 1.54) is 4.31 Å². The zero-order valence-electron chi connectivity index (χ0n) is 12.2. The van der Waals surface area contributed by atoms with Gasteiger partial charge >= 0.3 is 0 Å². The molecule has 0 spiro atoms. The van der Waals surface area contributed by atoms with E-state index in [4.69, 9.17) is 17.3 Å². The van der Waals surface area contributed by atoms with Crippen LogP contribution in [0.3, 0.4) is 0 Å². The number of para-hydroxylation sites is 1. The van der Waals surface area contributed by atoms with Crippen LogP contribution in [0.4, 0.5) is 5.69 Å². The molecule has 6 heteroatoms. The van der Waals surface area contributed by atoms with Gasteiger partial charge in [-0.05, 0) is 48.7 Å². The third-order valence-corrected chi connectivity index (χ3v) is 6.02. The molecule has 1 aliphatic rings. The van der Waals surface area contributed by atoms with Crippen LogP contribution >= 0.6 is 11.6 Å². The van der Waals surface area contributed by atoms with Crippen LogP contribution in [0.1, 0.15) is 11.1 Å². The van der Waals surface area contributed by atoms with Crippen LogP contribution in [0.25, 0.3) is 0 Å². The van der Waals surface area contributed by atoms with E-state index >= 15 is 0 Å². The maximum Gasteiger partial charge on any atom is 0.264 e. The lowest BCUT2D eigenvalue weighted by Crippen LogP contribution is -2.46. The fourth-order valence-electron chi connectivity index (χ4n) is 2.83. The average Bonchev–Trinajstić information content (AvgIpc) is 2.45. The summed E-state index contributed by atoms with van der Waals surface area (Å²) in [7, 11) is -3.66. The Kier molecular flexibility index (Phi) is 3.89. The Bertz CT molecular complexity index is 821. The maximum absolute atomic E-state index is 13.1. The summed E-state index contributed by atoms with van der Waals surface area (Å²) >= 11 is 5.93. The fraction of sp³-hybridized carbons (Fsp3) is 0.250. The predicted octanol–water partition coefficient (Wildman–Crippen LogP) is 2.73. The minimum atomic E-state index is -3.66. The highest BCUT2D eigenvalue weighted by Crippen LogP contribution is 2.32. The van der Waals surface area contributed by atoms with E-state index in [0.717, 1.165) is 5.56 Å². The Morgan fingerprint density at radius 2 is 1.95 bits per heavy atom. The van der Waals surface area contributed by atoms with Crippen molar-refractivity contribution in [1.29, 1.82) is 0 Å². The molecule has 116 valence electrons. The Morgan fingerprint density at radius 1 is 1.23 bits per heavy atom. The van der Waals surface area contributed by atoms with Crippen molar-refractivity contribution in [2.75, 3.05) is 10.8 Å². The molecule has 0 saturated carbocycles. The second kappa shape index (κ2) is 5.57. The Balaban J connectivity index is 2.13. The number of hydrogen-bond acceptors (Lipinski definition) is 3. The molecule has 1 aliphatic heterocycles. The van der Waals surface area contributed by atoms with Crippen molar-refractivity contribution < 1.29 is 8.42 Å². The second-order valence-corrected chi connectivity index (χ2v) is 7.81. The summed E-state index contributed by atoms with van der Waals surface area (Å²) in [6.07, 6.45) is 0.682. The minimum Gasteiger partial charge on any atom is -0.326 e. The van der Waals surface area contributed by atoms with Crippen molar-refractivity contribution in [2.45, 2.75) is 24.3 Å². The van der Waals surface area contributed by atoms with Crippen LogP contribution in [0.15, 0.2) is 47.4 Å². The van der Waals surface area contributed by atoms with E-state index in [9.17, 15) is 8.42 Å². The Hall–Kier alpha value is -1.56. The highest BCUT2D eigenvalue weighted by Gasteiger charge is 2.32. The molecule has 0 saturated heterocycles. The van der Waals surface area contributed by atoms with Gasteiger partial charge in [0.2, 0.25) is 0 Å². The van der Waals surface area contributed by atoms with Gasteiger partial charge in [-0.15, -0.1) is 0 Å². The first-order valence-electron chi connectivity index (χ1n) is 7.02. The molecule has 0 radical (unpaired) electrons. The van der Waals surface area contributed by atoms with Gasteiger partial charge in [0.25, 0.3) is 10.0 Å². The van der Waals surface area contributed by atoms with Gasteiger partial charge < -0.3 is 5.73 Å². The van der Waals surface area contributed by atoms with Crippen LogP contribution in [0.5, 0.6) is 0 Å². The Labute approximate surface area is 135 Å². The lowest BCUT2D eigenvalue weighted by atomic mass is 10.0. The molecular formula is C16H17ClN2O2S. The number of rotatable bonds is 2. The highest BCUT2D eigenvalue weighted by atomic mass is 35.5. The molecule has 4 nitrogen and oxygen atoms in total. The molecule has 1 heterocycles. The first-order valence-corrected chi connectivity index (χ1v) is 8.84. The van der Waals surface area contributed by atoms with E-state index < -0.39 is 10.0 Å². The first-order chi connectivity index (χ1) is 10.4. The summed E-state index contributed by atoms with van der Waals surface area (Å²) in [5.74, 6) is 0. The van der Waals surface area contributed by atoms with E-state index in [1.807, 2.05) is 24.3 Å². The largest absolute Gasteiger partial charge is 0.326 e. The number of fused-ring (bicyclic) bond motifs is 1. The standard InChI is InChI=1S/C16H17ClN2O2S/c1-11-8-13(17)6-7-16(11)22(20,21)19-10-14(18)9-12-4-2-3-5-15(12)19/h2-8,14H,9-10,18H2,1H3. The molecule has 3 rings (SSSR count). The number of sulfonamides is 1. The third-order valence-electron chi connectivity index (χ3n) is 3.85. The van der Waals surface area contributed by atoms with Crippen molar-refractivity contribution in [3.8, 4) is 0 Å². The molecular weight excluding hydrogens is 320 g/mol. The quantitative estimate of drug-likeness (QED) is 0.917. The molecule has 0 bridgehead atoms. The van der Waals surface area contributed by atoms with Crippen LogP contribution < -0.4 is 10.0 Å². The topological polar surface area (TPSA) is 63.4 Å². The number of aryl methyl sites for hydroxylation is 1. The number of nitrogens with zero attached hydrogens (tertiary/aromatic N) is 1. The fourth-order valence-corrected chi connectivity index (χ4v) is 4.83. The van der Waals surface area contributed by atoms with Gasteiger partial charge in [0, 0.05) is 17.6 Å². The van der Waals surface area contributed by atoms with E-state index in [0.29, 0.717) is 22.7 Å².